The number of amides is 1. The Hall–Kier alpha value is -2.05. The van der Waals surface area contributed by atoms with Crippen LogP contribution in [0.1, 0.15) is 20.8 Å². The van der Waals surface area contributed by atoms with Gasteiger partial charge in [0.15, 0.2) is 0 Å². The van der Waals surface area contributed by atoms with Crippen LogP contribution in [-0.4, -0.2) is 19.4 Å². The normalized spacial score (nSPS) is 11.8. The van der Waals surface area contributed by atoms with E-state index in [4.69, 9.17) is 20.8 Å². The Bertz CT molecular complexity index is 725. The lowest BCUT2D eigenvalue weighted by atomic mass is 10.2. The number of pyridine rings is 1. The summed E-state index contributed by atoms with van der Waals surface area (Å²) >= 11 is 5.79. The van der Waals surface area contributed by atoms with Gasteiger partial charge in [-0.3, -0.25) is 5.32 Å². The zero-order valence-electron chi connectivity index (χ0n) is 15.1. The lowest BCUT2D eigenvalue weighted by molar-refractivity contribution is 0.215. The van der Waals surface area contributed by atoms with Crippen LogP contribution in [0, 0.1) is 0 Å². The average molecular weight is 379 g/mol. The molecule has 0 spiro atoms. The summed E-state index contributed by atoms with van der Waals surface area (Å²) in [6, 6.07) is 10.0. The molecule has 134 valence electrons. The number of aromatic nitrogens is 1. The largest absolute Gasteiger partial charge is 0.542 e. The first-order valence-corrected chi connectivity index (χ1v) is 11.2. The van der Waals surface area contributed by atoms with Crippen molar-refractivity contribution in [3.8, 4) is 11.5 Å². The van der Waals surface area contributed by atoms with Crippen LogP contribution < -0.4 is 14.5 Å². The molecule has 1 N–H and O–H groups in total. The van der Waals surface area contributed by atoms with Crippen molar-refractivity contribution >= 4 is 31.8 Å². The standard InChI is InChI=1S/C18H23ClN2O3Si/c1-18(2,3)25(4,5)24-15-10-11-16(20-12-15)21-17(22)23-14-8-6-13(19)7-9-14/h6-12H,1-5H3,(H,20,21,22). The fourth-order valence-electron chi connectivity index (χ4n) is 1.70. The third-order valence-electron chi connectivity index (χ3n) is 4.17. The Labute approximate surface area is 154 Å². The molecule has 0 atom stereocenters. The predicted octanol–water partition coefficient (Wildman–Crippen LogP) is 5.73. The monoisotopic (exact) mass is 378 g/mol. The van der Waals surface area contributed by atoms with Gasteiger partial charge in [0.2, 0.25) is 0 Å². The second kappa shape index (κ2) is 7.45. The van der Waals surface area contributed by atoms with E-state index in [1.54, 1.807) is 42.6 Å². The zero-order chi connectivity index (χ0) is 18.7. The van der Waals surface area contributed by atoms with Gasteiger partial charge in [-0.15, -0.1) is 0 Å². The molecule has 0 aliphatic rings. The molecule has 5 nitrogen and oxygen atoms in total. The van der Waals surface area contributed by atoms with Crippen LogP contribution >= 0.6 is 11.6 Å². The molecule has 1 aromatic heterocycles. The van der Waals surface area contributed by atoms with E-state index in [-0.39, 0.29) is 5.04 Å². The first kappa shape index (κ1) is 19.3. The molecule has 1 amide bonds. The lowest BCUT2D eigenvalue weighted by Crippen LogP contribution is -2.43. The minimum atomic E-state index is -1.91. The van der Waals surface area contributed by atoms with E-state index in [9.17, 15) is 4.79 Å². The molecule has 0 aliphatic carbocycles. The SMILES string of the molecule is CC(C)(C)[Si](C)(C)Oc1ccc(NC(=O)Oc2ccc(Cl)cc2)nc1. The number of benzene rings is 1. The quantitative estimate of drug-likeness (QED) is 0.690. The molecule has 0 bridgehead atoms. The Morgan fingerprint density at radius 2 is 1.68 bits per heavy atom. The predicted molar refractivity (Wildman–Crippen MR) is 103 cm³/mol. The van der Waals surface area contributed by atoms with Gasteiger partial charge in [0, 0.05) is 5.02 Å². The number of ether oxygens (including phenoxy) is 1. The number of carbonyl (C=O) groups is 1. The van der Waals surface area contributed by atoms with Gasteiger partial charge in [-0.1, -0.05) is 32.4 Å². The molecule has 0 saturated carbocycles. The highest BCUT2D eigenvalue weighted by atomic mass is 35.5. The van der Waals surface area contributed by atoms with Crippen LogP contribution in [-0.2, 0) is 0 Å². The van der Waals surface area contributed by atoms with Gasteiger partial charge in [0.1, 0.15) is 17.3 Å². The molecular formula is C18H23ClN2O3Si. The topological polar surface area (TPSA) is 60.5 Å². The molecule has 1 aromatic carbocycles. The molecule has 7 heteroatoms. The van der Waals surface area contributed by atoms with Gasteiger partial charge < -0.3 is 9.16 Å². The first-order chi connectivity index (χ1) is 11.6. The average Bonchev–Trinajstić information content (AvgIpc) is 2.50. The minimum absolute atomic E-state index is 0.103. The van der Waals surface area contributed by atoms with E-state index < -0.39 is 14.4 Å². The van der Waals surface area contributed by atoms with E-state index >= 15 is 0 Å². The fraction of sp³-hybridized carbons (Fsp3) is 0.333. The van der Waals surface area contributed by atoms with Crippen LogP contribution in [0.3, 0.4) is 0 Å². The molecule has 0 unspecified atom stereocenters. The molecule has 25 heavy (non-hydrogen) atoms. The van der Waals surface area contributed by atoms with Crippen molar-refractivity contribution < 1.29 is 14.0 Å². The smallest absolute Gasteiger partial charge is 0.418 e. The van der Waals surface area contributed by atoms with Crippen LogP contribution in [0.25, 0.3) is 0 Å². The molecule has 0 radical (unpaired) electrons. The van der Waals surface area contributed by atoms with Crippen LogP contribution in [0.5, 0.6) is 11.5 Å². The van der Waals surface area contributed by atoms with Gasteiger partial charge in [0.25, 0.3) is 8.32 Å². The van der Waals surface area contributed by atoms with Crippen LogP contribution in [0.15, 0.2) is 42.6 Å². The number of anilines is 1. The number of nitrogens with one attached hydrogen (secondary N) is 1. The Morgan fingerprint density at radius 1 is 1.08 bits per heavy atom. The Morgan fingerprint density at radius 3 is 2.20 bits per heavy atom. The van der Waals surface area contributed by atoms with Gasteiger partial charge >= 0.3 is 6.09 Å². The number of carbonyl (C=O) groups excluding carboxylic acids is 1. The molecule has 0 aliphatic heterocycles. The van der Waals surface area contributed by atoms with Crippen molar-refractivity contribution in [1.29, 1.82) is 0 Å². The number of nitrogens with zero attached hydrogens (tertiary/aromatic N) is 1. The van der Waals surface area contributed by atoms with E-state index in [0.717, 1.165) is 0 Å². The highest BCUT2D eigenvalue weighted by molar-refractivity contribution is 6.74. The maximum absolute atomic E-state index is 11.9. The zero-order valence-corrected chi connectivity index (χ0v) is 16.8. The second-order valence-electron chi connectivity index (χ2n) is 7.21. The summed E-state index contributed by atoms with van der Waals surface area (Å²) in [5.74, 6) is 1.49. The third kappa shape index (κ3) is 5.47. The number of hydrogen-bond acceptors (Lipinski definition) is 4. The Balaban J connectivity index is 1.96. The number of rotatable bonds is 4. The first-order valence-electron chi connectivity index (χ1n) is 7.96. The molecule has 2 aromatic rings. The summed E-state index contributed by atoms with van der Waals surface area (Å²) in [5, 5.41) is 3.25. The van der Waals surface area contributed by atoms with E-state index in [2.05, 4.69) is 44.2 Å². The second-order valence-corrected chi connectivity index (χ2v) is 12.4. The maximum atomic E-state index is 11.9. The van der Waals surface area contributed by atoms with Crippen molar-refractivity contribution in [3.05, 3.63) is 47.6 Å². The summed E-state index contributed by atoms with van der Waals surface area (Å²) in [7, 11) is -1.91. The molecule has 0 saturated heterocycles. The van der Waals surface area contributed by atoms with Crippen molar-refractivity contribution in [2.45, 2.75) is 38.9 Å². The lowest BCUT2D eigenvalue weighted by Gasteiger charge is -2.36. The van der Waals surface area contributed by atoms with Gasteiger partial charge in [-0.2, -0.15) is 0 Å². The van der Waals surface area contributed by atoms with Crippen molar-refractivity contribution in [3.63, 3.8) is 0 Å². The Kier molecular flexibility index (Phi) is 5.75. The van der Waals surface area contributed by atoms with E-state index in [0.29, 0.717) is 22.3 Å². The summed E-state index contributed by atoms with van der Waals surface area (Å²) in [4.78, 5) is 16.1. The fourth-order valence-corrected chi connectivity index (χ4v) is 2.84. The molecule has 1 heterocycles. The summed E-state index contributed by atoms with van der Waals surface area (Å²) in [6.07, 6.45) is 0.992. The van der Waals surface area contributed by atoms with E-state index in [1.165, 1.54) is 0 Å². The van der Waals surface area contributed by atoms with Crippen molar-refractivity contribution in [2.24, 2.45) is 0 Å². The summed E-state index contributed by atoms with van der Waals surface area (Å²) in [5.41, 5.74) is 0. The summed E-state index contributed by atoms with van der Waals surface area (Å²) < 4.78 is 11.3. The van der Waals surface area contributed by atoms with Crippen LogP contribution in [0.2, 0.25) is 23.2 Å². The van der Waals surface area contributed by atoms with E-state index in [1.807, 2.05) is 0 Å². The minimum Gasteiger partial charge on any atom is -0.542 e. The molecule has 2 rings (SSSR count). The maximum Gasteiger partial charge on any atom is 0.418 e. The highest BCUT2D eigenvalue weighted by Crippen LogP contribution is 2.37. The van der Waals surface area contributed by atoms with Crippen LogP contribution in [0.4, 0.5) is 10.6 Å². The van der Waals surface area contributed by atoms with Crippen molar-refractivity contribution in [2.75, 3.05) is 5.32 Å². The number of halogens is 1. The van der Waals surface area contributed by atoms with Gasteiger partial charge in [0.05, 0.1) is 6.20 Å². The van der Waals surface area contributed by atoms with Gasteiger partial charge in [-0.05, 0) is 54.5 Å². The summed E-state index contributed by atoms with van der Waals surface area (Å²) in [6.45, 7) is 10.9. The third-order valence-corrected chi connectivity index (χ3v) is 8.78. The highest BCUT2D eigenvalue weighted by Gasteiger charge is 2.39. The molecule has 0 fully saturated rings. The van der Waals surface area contributed by atoms with Gasteiger partial charge in [-0.25, -0.2) is 9.78 Å². The number of hydrogen-bond donors (Lipinski definition) is 1. The molecular weight excluding hydrogens is 356 g/mol. The van der Waals surface area contributed by atoms with Crippen molar-refractivity contribution in [1.82, 2.24) is 4.98 Å².